The highest BCUT2D eigenvalue weighted by molar-refractivity contribution is 14.0. The molecular formula is C20H39IN4O. The molecule has 1 saturated carbocycles. The van der Waals surface area contributed by atoms with Gasteiger partial charge >= 0.3 is 0 Å². The number of nitrogens with one attached hydrogen (secondary N) is 2. The lowest BCUT2D eigenvalue weighted by molar-refractivity contribution is -0.133. The van der Waals surface area contributed by atoms with Crippen molar-refractivity contribution in [2.75, 3.05) is 26.2 Å². The van der Waals surface area contributed by atoms with Gasteiger partial charge in [-0.05, 0) is 38.0 Å². The van der Waals surface area contributed by atoms with Crippen LogP contribution in [0, 0.1) is 17.8 Å². The summed E-state index contributed by atoms with van der Waals surface area (Å²) in [5, 5.41) is 6.89. The third-order valence-electron chi connectivity index (χ3n) is 5.53. The number of carbonyl (C=O) groups excluding carboxylic acids is 1. The number of nitrogens with zero attached hydrogens (tertiary/aromatic N) is 2. The minimum absolute atomic E-state index is 0. The van der Waals surface area contributed by atoms with E-state index in [0.717, 1.165) is 50.4 Å². The van der Waals surface area contributed by atoms with E-state index >= 15 is 0 Å². The van der Waals surface area contributed by atoms with Crippen LogP contribution in [0.25, 0.3) is 0 Å². The molecule has 3 unspecified atom stereocenters. The topological polar surface area (TPSA) is 56.7 Å². The molecule has 2 N–H and O–H groups in total. The van der Waals surface area contributed by atoms with E-state index in [0.29, 0.717) is 6.04 Å². The van der Waals surface area contributed by atoms with Crippen LogP contribution in [0.3, 0.4) is 0 Å². The average Bonchev–Trinajstić information content (AvgIpc) is 3.02. The molecule has 0 spiro atoms. The minimum Gasteiger partial charge on any atom is -0.357 e. The molecule has 6 heteroatoms. The second-order valence-corrected chi connectivity index (χ2v) is 8.26. The summed E-state index contributed by atoms with van der Waals surface area (Å²) in [6.07, 6.45) is 7.73. The van der Waals surface area contributed by atoms with Gasteiger partial charge < -0.3 is 15.5 Å². The van der Waals surface area contributed by atoms with E-state index in [2.05, 4.69) is 24.5 Å². The van der Waals surface area contributed by atoms with E-state index in [9.17, 15) is 4.79 Å². The summed E-state index contributed by atoms with van der Waals surface area (Å²) in [7, 11) is 0. The highest BCUT2D eigenvalue weighted by Crippen LogP contribution is 2.30. The average molecular weight is 478 g/mol. The van der Waals surface area contributed by atoms with Gasteiger partial charge in [0.2, 0.25) is 5.91 Å². The highest BCUT2D eigenvalue weighted by Gasteiger charge is 2.28. The Balaban J connectivity index is 0.00000338. The van der Waals surface area contributed by atoms with Gasteiger partial charge in [0.15, 0.2) is 5.96 Å². The molecule has 1 heterocycles. The monoisotopic (exact) mass is 478 g/mol. The zero-order chi connectivity index (χ0) is 18.2. The van der Waals surface area contributed by atoms with Crippen molar-refractivity contribution in [3.63, 3.8) is 0 Å². The summed E-state index contributed by atoms with van der Waals surface area (Å²) in [5.74, 6) is 2.99. The van der Waals surface area contributed by atoms with Crippen LogP contribution in [0.15, 0.2) is 4.99 Å². The molecular weight excluding hydrogens is 439 g/mol. The third-order valence-corrected chi connectivity index (χ3v) is 5.53. The molecule has 26 heavy (non-hydrogen) atoms. The van der Waals surface area contributed by atoms with Crippen molar-refractivity contribution in [1.82, 2.24) is 15.5 Å². The van der Waals surface area contributed by atoms with Crippen molar-refractivity contribution in [2.45, 2.75) is 72.3 Å². The Bertz CT molecular complexity index is 455. The molecule has 5 nitrogen and oxygen atoms in total. The van der Waals surface area contributed by atoms with Gasteiger partial charge in [0, 0.05) is 38.1 Å². The number of guanidine groups is 1. The first-order valence-corrected chi connectivity index (χ1v) is 10.3. The first-order valence-electron chi connectivity index (χ1n) is 10.3. The van der Waals surface area contributed by atoms with E-state index in [4.69, 9.17) is 4.99 Å². The van der Waals surface area contributed by atoms with Crippen molar-refractivity contribution < 1.29 is 4.79 Å². The predicted octanol–water partition coefficient (Wildman–Crippen LogP) is 3.63. The standard InChI is InChI=1S/C20H38N4O.HI/c1-5-21-20(22-11-9-17-8-6-7-16(4)13-17)23-18-10-12-24(14-18)19(25)15(2)3;/h15-18H,5-14H2,1-4H3,(H2,21,22,23);1H. The number of hydrogen-bond acceptors (Lipinski definition) is 2. The predicted molar refractivity (Wildman–Crippen MR) is 120 cm³/mol. The Kier molecular flexibility index (Phi) is 10.9. The molecule has 3 atom stereocenters. The zero-order valence-corrected chi connectivity index (χ0v) is 19.4. The molecule has 0 radical (unpaired) electrons. The van der Waals surface area contributed by atoms with E-state index in [1.165, 1.54) is 32.1 Å². The fraction of sp³-hybridized carbons (Fsp3) is 0.900. The van der Waals surface area contributed by atoms with Crippen LogP contribution in [0.4, 0.5) is 0 Å². The van der Waals surface area contributed by atoms with Crippen molar-refractivity contribution in [1.29, 1.82) is 0 Å². The van der Waals surface area contributed by atoms with Gasteiger partial charge in [-0.1, -0.05) is 40.0 Å². The van der Waals surface area contributed by atoms with Crippen LogP contribution in [0.1, 0.15) is 66.2 Å². The molecule has 2 fully saturated rings. The summed E-state index contributed by atoms with van der Waals surface area (Å²) >= 11 is 0. The molecule has 1 amide bonds. The molecule has 2 rings (SSSR count). The van der Waals surface area contributed by atoms with Gasteiger partial charge in [-0.25, -0.2) is 0 Å². The van der Waals surface area contributed by atoms with Gasteiger partial charge in [0.1, 0.15) is 0 Å². The van der Waals surface area contributed by atoms with E-state index < -0.39 is 0 Å². The Morgan fingerprint density at radius 2 is 2.04 bits per heavy atom. The second-order valence-electron chi connectivity index (χ2n) is 8.26. The minimum atomic E-state index is 0. The first kappa shape index (κ1) is 23.5. The maximum absolute atomic E-state index is 12.1. The van der Waals surface area contributed by atoms with Crippen molar-refractivity contribution in [3.05, 3.63) is 0 Å². The first-order chi connectivity index (χ1) is 12.0. The number of amides is 1. The maximum atomic E-state index is 12.1. The summed E-state index contributed by atoms with van der Waals surface area (Å²) in [5.41, 5.74) is 0. The SMILES string of the molecule is CCNC(=NCCC1CCCC(C)C1)NC1CCN(C(=O)C(C)C)C1.I. The van der Waals surface area contributed by atoms with Crippen LogP contribution in [-0.4, -0.2) is 49.0 Å². The van der Waals surface area contributed by atoms with Crippen molar-refractivity contribution in [2.24, 2.45) is 22.7 Å². The van der Waals surface area contributed by atoms with Crippen molar-refractivity contribution in [3.8, 4) is 0 Å². The fourth-order valence-corrected chi connectivity index (χ4v) is 4.14. The molecule has 0 aromatic carbocycles. The molecule has 2 aliphatic rings. The molecule has 0 aromatic rings. The third kappa shape index (κ3) is 7.61. The lowest BCUT2D eigenvalue weighted by atomic mass is 9.81. The van der Waals surface area contributed by atoms with E-state index in [1.807, 2.05) is 18.7 Å². The number of halogens is 1. The maximum Gasteiger partial charge on any atom is 0.225 e. The van der Waals surface area contributed by atoms with Crippen LogP contribution in [-0.2, 0) is 4.79 Å². The number of carbonyl (C=O) groups is 1. The second kappa shape index (κ2) is 12.0. The number of hydrogen-bond donors (Lipinski definition) is 2. The summed E-state index contributed by atoms with van der Waals surface area (Å²) in [6, 6.07) is 0.315. The fourth-order valence-electron chi connectivity index (χ4n) is 4.14. The van der Waals surface area contributed by atoms with Crippen LogP contribution in [0.2, 0.25) is 0 Å². The highest BCUT2D eigenvalue weighted by atomic mass is 127. The van der Waals surface area contributed by atoms with Gasteiger partial charge in [-0.3, -0.25) is 9.79 Å². The molecule has 0 bridgehead atoms. The van der Waals surface area contributed by atoms with Gasteiger partial charge in [-0.2, -0.15) is 0 Å². The van der Waals surface area contributed by atoms with Crippen LogP contribution in [0.5, 0.6) is 0 Å². The van der Waals surface area contributed by atoms with Crippen LogP contribution < -0.4 is 10.6 Å². The Hall–Kier alpha value is -0.530. The molecule has 1 aliphatic heterocycles. The van der Waals surface area contributed by atoms with Crippen molar-refractivity contribution >= 4 is 35.8 Å². The lowest BCUT2D eigenvalue weighted by Crippen LogP contribution is -2.45. The Labute approximate surface area is 177 Å². The lowest BCUT2D eigenvalue weighted by Gasteiger charge is -2.26. The molecule has 0 aromatic heterocycles. The Morgan fingerprint density at radius 1 is 1.27 bits per heavy atom. The van der Waals surface area contributed by atoms with Gasteiger partial charge in [0.25, 0.3) is 0 Å². The molecule has 1 aliphatic carbocycles. The van der Waals surface area contributed by atoms with Gasteiger partial charge in [0.05, 0.1) is 0 Å². The smallest absolute Gasteiger partial charge is 0.225 e. The van der Waals surface area contributed by atoms with Crippen LogP contribution >= 0.6 is 24.0 Å². The number of likely N-dealkylation sites (tertiary alicyclic amines) is 1. The molecule has 152 valence electrons. The van der Waals surface area contributed by atoms with E-state index in [1.54, 1.807) is 0 Å². The van der Waals surface area contributed by atoms with E-state index in [-0.39, 0.29) is 35.8 Å². The largest absolute Gasteiger partial charge is 0.357 e. The normalized spacial score (nSPS) is 26.6. The summed E-state index contributed by atoms with van der Waals surface area (Å²) < 4.78 is 0. The quantitative estimate of drug-likeness (QED) is 0.348. The number of rotatable bonds is 6. The van der Waals surface area contributed by atoms with Gasteiger partial charge in [-0.15, -0.1) is 24.0 Å². The summed E-state index contributed by atoms with van der Waals surface area (Å²) in [4.78, 5) is 18.9. The molecule has 1 saturated heterocycles. The Morgan fingerprint density at radius 3 is 2.69 bits per heavy atom. The summed E-state index contributed by atoms with van der Waals surface area (Å²) in [6.45, 7) is 11.8. The zero-order valence-electron chi connectivity index (χ0n) is 17.1. The number of aliphatic imine (C=N–C) groups is 1.